The summed E-state index contributed by atoms with van der Waals surface area (Å²) in [6.07, 6.45) is 0. The number of carbonyl (C=O) groups is 1. The van der Waals surface area contributed by atoms with E-state index < -0.39 is 27.1 Å². The Morgan fingerprint density at radius 1 is 1.17 bits per heavy atom. The zero-order chi connectivity index (χ0) is 18.0. The molecule has 0 fully saturated rings. The van der Waals surface area contributed by atoms with Crippen LogP contribution < -0.4 is 5.32 Å². The van der Waals surface area contributed by atoms with E-state index >= 15 is 0 Å². The highest BCUT2D eigenvalue weighted by atomic mass is 79.9. The van der Waals surface area contributed by atoms with Gasteiger partial charge in [-0.2, -0.15) is 0 Å². The molecule has 24 heavy (non-hydrogen) atoms. The summed E-state index contributed by atoms with van der Waals surface area (Å²) in [4.78, 5) is 32.8. The van der Waals surface area contributed by atoms with Crippen LogP contribution in [0.25, 0.3) is 0 Å². The SMILES string of the molecule is Cc1c(C(=O)Nc2ccc(Br)c(Cl)c2)cc([N+](=O)[O-])cc1[N+](=O)[O-]. The van der Waals surface area contributed by atoms with E-state index in [0.717, 1.165) is 12.1 Å². The number of nitrogens with zero attached hydrogens (tertiary/aromatic N) is 2. The van der Waals surface area contributed by atoms with Crippen molar-refractivity contribution in [3.8, 4) is 0 Å². The Balaban J connectivity index is 2.46. The molecule has 2 aromatic rings. The number of non-ortho nitro benzene ring substituents is 1. The predicted molar refractivity (Wildman–Crippen MR) is 91.6 cm³/mol. The summed E-state index contributed by atoms with van der Waals surface area (Å²) in [7, 11) is 0. The number of hydrogen-bond donors (Lipinski definition) is 1. The molecular formula is C14H9BrClN3O5. The number of carbonyl (C=O) groups excluding carboxylic acids is 1. The van der Waals surface area contributed by atoms with E-state index in [1.165, 1.54) is 13.0 Å². The molecule has 0 aliphatic heterocycles. The minimum absolute atomic E-state index is 0.0336. The van der Waals surface area contributed by atoms with Gasteiger partial charge in [0, 0.05) is 21.8 Å². The van der Waals surface area contributed by atoms with Gasteiger partial charge < -0.3 is 5.32 Å². The Bertz CT molecular complexity index is 872. The van der Waals surface area contributed by atoms with Crippen molar-refractivity contribution in [3.63, 3.8) is 0 Å². The van der Waals surface area contributed by atoms with Crippen molar-refractivity contribution in [1.82, 2.24) is 0 Å². The summed E-state index contributed by atoms with van der Waals surface area (Å²) in [6, 6.07) is 6.47. The number of nitro benzene ring substituents is 2. The maximum absolute atomic E-state index is 12.4. The molecule has 0 spiro atoms. The highest BCUT2D eigenvalue weighted by Crippen LogP contribution is 2.29. The van der Waals surface area contributed by atoms with Gasteiger partial charge in [-0.15, -0.1) is 0 Å². The summed E-state index contributed by atoms with van der Waals surface area (Å²) < 4.78 is 0.629. The Hall–Kier alpha value is -2.52. The third-order valence-electron chi connectivity index (χ3n) is 3.19. The Morgan fingerprint density at radius 3 is 2.38 bits per heavy atom. The summed E-state index contributed by atoms with van der Waals surface area (Å²) in [6.45, 7) is 1.35. The molecule has 0 atom stereocenters. The Labute approximate surface area is 148 Å². The van der Waals surface area contributed by atoms with Gasteiger partial charge in [-0.05, 0) is 41.1 Å². The molecule has 2 rings (SSSR count). The van der Waals surface area contributed by atoms with Crippen LogP contribution in [0.2, 0.25) is 5.02 Å². The molecule has 0 saturated heterocycles. The van der Waals surface area contributed by atoms with Gasteiger partial charge in [-0.1, -0.05) is 11.6 Å². The van der Waals surface area contributed by atoms with Gasteiger partial charge in [0.25, 0.3) is 17.3 Å². The first kappa shape index (κ1) is 17.8. The van der Waals surface area contributed by atoms with Crippen molar-refractivity contribution in [3.05, 3.63) is 71.2 Å². The standard InChI is InChI=1S/C14H9BrClN3O5/c1-7-10(5-9(18(21)22)6-13(7)19(23)24)14(20)17-8-2-3-11(15)12(16)4-8/h2-6H,1H3,(H,17,20). The molecule has 2 aromatic carbocycles. The fourth-order valence-electron chi connectivity index (χ4n) is 1.99. The molecular weight excluding hydrogens is 406 g/mol. The van der Waals surface area contributed by atoms with Crippen LogP contribution >= 0.6 is 27.5 Å². The maximum atomic E-state index is 12.4. The molecule has 0 saturated carbocycles. The molecule has 0 aliphatic carbocycles. The van der Waals surface area contributed by atoms with Gasteiger partial charge in [0.05, 0.1) is 26.5 Å². The Morgan fingerprint density at radius 2 is 1.83 bits per heavy atom. The van der Waals surface area contributed by atoms with Crippen LogP contribution in [0, 0.1) is 27.2 Å². The number of amides is 1. The van der Waals surface area contributed by atoms with Gasteiger partial charge in [0.15, 0.2) is 0 Å². The van der Waals surface area contributed by atoms with E-state index in [9.17, 15) is 25.0 Å². The van der Waals surface area contributed by atoms with Gasteiger partial charge in [-0.25, -0.2) is 0 Å². The molecule has 0 bridgehead atoms. The minimum Gasteiger partial charge on any atom is -0.322 e. The number of halogens is 2. The zero-order valence-corrected chi connectivity index (χ0v) is 14.4. The fraction of sp³-hybridized carbons (Fsp3) is 0.0714. The van der Waals surface area contributed by atoms with Crippen molar-refractivity contribution in [2.24, 2.45) is 0 Å². The van der Waals surface area contributed by atoms with E-state index in [-0.39, 0.29) is 11.1 Å². The van der Waals surface area contributed by atoms with Crippen LogP contribution in [0.15, 0.2) is 34.8 Å². The second kappa shape index (κ2) is 6.93. The molecule has 124 valence electrons. The van der Waals surface area contributed by atoms with Crippen molar-refractivity contribution in [2.75, 3.05) is 5.32 Å². The minimum atomic E-state index is -0.792. The van der Waals surface area contributed by atoms with Crippen molar-refractivity contribution < 1.29 is 14.6 Å². The topological polar surface area (TPSA) is 115 Å². The lowest BCUT2D eigenvalue weighted by Gasteiger charge is -2.09. The van der Waals surface area contributed by atoms with Gasteiger partial charge in [-0.3, -0.25) is 25.0 Å². The van der Waals surface area contributed by atoms with E-state index in [1.807, 2.05) is 0 Å². The summed E-state index contributed by atoms with van der Waals surface area (Å²) >= 11 is 9.14. The lowest BCUT2D eigenvalue weighted by atomic mass is 10.0. The van der Waals surface area contributed by atoms with Crippen LogP contribution in [0.4, 0.5) is 17.1 Å². The monoisotopic (exact) mass is 413 g/mol. The lowest BCUT2D eigenvalue weighted by Crippen LogP contribution is -2.14. The first-order chi connectivity index (χ1) is 11.2. The number of benzene rings is 2. The molecule has 10 heteroatoms. The average Bonchev–Trinajstić information content (AvgIpc) is 2.50. The molecule has 1 N–H and O–H groups in total. The Kier molecular flexibility index (Phi) is 5.15. The van der Waals surface area contributed by atoms with E-state index in [2.05, 4.69) is 21.2 Å². The molecule has 0 radical (unpaired) electrons. The first-order valence-electron chi connectivity index (χ1n) is 6.40. The zero-order valence-electron chi connectivity index (χ0n) is 12.1. The number of anilines is 1. The van der Waals surface area contributed by atoms with Crippen LogP contribution in [-0.4, -0.2) is 15.8 Å². The largest absolute Gasteiger partial charge is 0.322 e. The number of hydrogen-bond acceptors (Lipinski definition) is 5. The predicted octanol–water partition coefficient (Wildman–Crippen LogP) is 4.48. The van der Waals surface area contributed by atoms with E-state index in [1.54, 1.807) is 12.1 Å². The molecule has 0 aromatic heterocycles. The van der Waals surface area contributed by atoms with E-state index in [0.29, 0.717) is 15.2 Å². The number of rotatable bonds is 4. The molecule has 0 heterocycles. The maximum Gasteiger partial charge on any atom is 0.279 e. The second-order valence-corrected chi connectivity index (χ2v) is 6.00. The van der Waals surface area contributed by atoms with Gasteiger partial charge in [0.1, 0.15) is 0 Å². The third-order valence-corrected chi connectivity index (χ3v) is 4.43. The number of nitro groups is 2. The highest BCUT2D eigenvalue weighted by Gasteiger charge is 2.24. The summed E-state index contributed by atoms with van der Waals surface area (Å²) in [5.74, 6) is -0.710. The van der Waals surface area contributed by atoms with Crippen LogP contribution in [0.5, 0.6) is 0 Å². The van der Waals surface area contributed by atoms with Crippen molar-refractivity contribution >= 4 is 50.5 Å². The molecule has 0 aliphatic rings. The van der Waals surface area contributed by atoms with E-state index in [4.69, 9.17) is 11.6 Å². The van der Waals surface area contributed by atoms with Crippen LogP contribution in [-0.2, 0) is 0 Å². The van der Waals surface area contributed by atoms with Crippen LogP contribution in [0.3, 0.4) is 0 Å². The summed E-state index contributed by atoms with van der Waals surface area (Å²) in [5.41, 5.74) is -0.808. The van der Waals surface area contributed by atoms with Gasteiger partial charge in [0.2, 0.25) is 0 Å². The quantitative estimate of drug-likeness (QED) is 0.585. The molecule has 1 amide bonds. The van der Waals surface area contributed by atoms with Crippen molar-refractivity contribution in [2.45, 2.75) is 6.92 Å². The normalized spacial score (nSPS) is 10.3. The number of nitrogens with one attached hydrogen (secondary N) is 1. The lowest BCUT2D eigenvalue weighted by molar-refractivity contribution is -0.394. The summed E-state index contributed by atoms with van der Waals surface area (Å²) in [5, 5.41) is 24.8. The fourth-order valence-corrected chi connectivity index (χ4v) is 2.41. The average molecular weight is 415 g/mol. The smallest absolute Gasteiger partial charge is 0.279 e. The van der Waals surface area contributed by atoms with Crippen molar-refractivity contribution in [1.29, 1.82) is 0 Å². The first-order valence-corrected chi connectivity index (χ1v) is 7.57. The van der Waals surface area contributed by atoms with Crippen LogP contribution in [0.1, 0.15) is 15.9 Å². The highest BCUT2D eigenvalue weighted by molar-refractivity contribution is 9.10. The van der Waals surface area contributed by atoms with Gasteiger partial charge >= 0.3 is 0 Å². The second-order valence-electron chi connectivity index (χ2n) is 4.73. The molecule has 0 unspecified atom stereocenters. The molecule has 8 nitrogen and oxygen atoms in total. The third kappa shape index (κ3) is 3.69.